The van der Waals surface area contributed by atoms with E-state index in [-0.39, 0.29) is 0 Å². The molecule has 0 radical (unpaired) electrons. The summed E-state index contributed by atoms with van der Waals surface area (Å²) in [6.45, 7) is 0. The van der Waals surface area contributed by atoms with Crippen molar-refractivity contribution in [2.45, 2.75) is 6.18 Å². The Morgan fingerprint density at radius 2 is 1.89 bits per heavy atom. The second-order valence-corrected chi connectivity index (χ2v) is 1.24. The number of rotatable bonds is 1. The van der Waals surface area contributed by atoms with Crippen LogP contribution in [0.4, 0.5) is 13.2 Å². The molecule has 0 aromatic carbocycles. The maximum atomic E-state index is 11.1. The Labute approximate surface area is 53.2 Å². The van der Waals surface area contributed by atoms with Gasteiger partial charge in [-0.25, -0.2) is 0 Å². The summed E-state index contributed by atoms with van der Waals surface area (Å²) in [6.07, 6.45) is -4.89. The number of hydrogen-bond donors (Lipinski definition) is 2. The van der Waals surface area contributed by atoms with Crippen LogP contribution in [0.3, 0.4) is 0 Å². The Morgan fingerprint density at radius 3 is 2.00 bits per heavy atom. The zero-order valence-corrected chi connectivity index (χ0v) is 4.68. The van der Waals surface area contributed by atoms with Gasteiger partial charge in [0.25, 0.3) is 0 Å². The van der Waals surface area contributed by atoms with Crippen LogP contribution >= 0.6 is 11.8 Å². The fraction of sp³-hybridized carbons (Fsp3) is 0.500. The van der Waals surface area contributed by atoms with Crippen LogP contribution in [0.2, 0.25) is 0 Å². The molecular formula is C2H2ClF3N2O. The molecule has 0 atom stereocenters. The summed E-state index contributed by atoms with van der Waals surface area (Å²) >= 11 is 4.52. The predicted octanol–water partition coefficient (Wildman–Crippen LogP) is 0.323. The summed E-state index contributed by atoms with van der Waals surface area (Å²) < 4.78 is 33.4. The van der Waals surface area contributed by atoms with Crippen LogP contribution in [-0.2, 0) is 4.79 Å². The molecular weight excluding hydrogens is 160 g/mol. The van der Waals surface area contributed by atoms with Crippen molar-refractivity contribution < 1.29 is 18.0 Å². The number of nitrogens with one attached hydrogen (secondary N) is 2. The molecule has 0 spiro atoms. The highest BCUT2D eigenvalue weighted by molar-refractivity contribution is 6.13. The lowest BCUT2D eigenvalue weighted by molar-refractivity contribution is -0.174. The van der Waals surface area contributed by atoms with Gasteiger partial charge in [-0.2, -0.15) is 13.2 Å². The maximum Gasteiger partial charge on any atom is 0.472 e. The van der Waals surface area contributed by atoms with E-state index < -0.39 is 12.1 Å². The van der Waals surface area contributed by atoms with Crippen molar-refractivity contribution in [1.29, 1.82) is 0 Å². The fourth-order valence-corrected chi connectivity index (χ4v) is 0.200. The van der Waals surface area contributed by atoms with E-state index >= 15 is 0 Å². The van der Waals surface area contributed by atoms with Gasteiger partial charge in [0.2, 0.25) is 0 Å². The van der Waals surface area contributed by atoms with Crippen molar-refractivity contribution in [3.8, 4) is 0 Å². The lowest BCUT2D eigenvalue weighted by Gasteiger charge is -2.03. The zero-order valence-electron chi connectivity index (χ0n) is 3.92. The first-order chi connectivity index (χ1) is 3.98. The van der Waals surface area contributed by atoms with Gasteiger partial charge in [0.1, 0.15) is 0 Å². The first-order valence-corrected chi connectivity index (χ1v) is 2.09. The minimum atomic E-state index is -4.89. The predicted molar refractivity (Wildman–Crippen MR) is 23.2 cm³/mol. The molecule has 7 heteroatoms. The number of carbonyl (C=O) groups excluding carboxylic acids is 1. The van der Waals surface area contributed by atoms with E-state index in [2.05, 4.69) is 11.8 Å². The third-order valence-corrected chi connectivity index (χ3v) is 0.513. The summed E-state index contributed by atoms with van der Waals surface area (Å²) in [5, 5.41) is 0. The summed E-state index contributed by atoms with van der Waals surface area (Å²) in [5.41, 5.74) is 1.14. The molecule has 0 aromatic rings. The SMILES string of the molecule is O=C(NNCl)C(F)(F)F. The number of hydrazine groups is 1. The number of alkyl halides is 3. The van der Waals surface area contributed by atoms with E-state index in [0.29, 0.717) is 0 Å². The van der Waals surface area contributed by atoms with Crippen molar-refractivity contribution in [2.75, 3.05) is 0 Å². The van der Waals surface area contributed by atoms with Crippen LogP contribution < -0.4 is 10.4 Å². The quantitative estimate of drug-likeness (QED) is 0.431. The minimum absolute atomic E-state index is 1.14. The molecule has 0 aliphatic heterocycles. The van der Waals surface area contributed by atoms with Gasteiger partial charge in [-0.1, -0.05) is 0 Å². The smallest absolute Gasteiger partial charge is 0.269 e. The van der Waals surface area contributed by atoms with Gasteiger partial charge in [-0.3, -0.25) is 10.2 Å². The highest BCUT2D eigenvalue weighted by Gasteiger charge is 2.38. The molecule has 0 aliphatic rings. The molecule has 0 saturated carbocycles. The molecule has 3 nitrogen and oxygen atoms in total. The Kier molecular flexibility index (Phi) is 2.72. The van der Waals surface area contributed by atoms with Gasteiger partial charge in [-0.05, 0) is 11.8 Å². The Morgan fingerprint density at radius 1 is 1.44 bits per heavy atom. The second-order valence-electron chi connectivity index (χ2n) is 1.05. The van der Waals surface area contributed by atoms with Crippen LogP contribution in [0.25, 0.3) is 0 Å². The second kappa shape index (κ2) is 2.88. The number of amides is 1. The normalized spacial score (nSPS) is 11.1. The van der Waals surface area contributed by atoms with E-state index in [0.717, 1.165) is 5.43 Å². The van der Waals surface area contributed by atoms with Gasteiger partial charge in [-0.15, -0.1) is 4.94 Å². The highest BCUT2D eigenvalue weighted by atomic mass is 35.5. The zero-order chi connectivity index (χ0) is 7.49. The van der Waals surface area contributed by atoms with Gasteiger partial charge in [0, 0.05) is 0 Å². The summed E-state index contributed by atoms with van der Waals surface area (Å²) in [6, 6.07) is 0. The van der Waals surface area contributed by atoms with Crippen LogP contribution in [0.5, 0.6) is 0 Å². The van der Waals surface area contributed by atoms with Gasteiger partial charge >= 0.3 is 12.1 Å². The van der Waals surface area contributed by atoms with Crippen molar-refractivity contribution >= 4 is 17.7 Å². The summed E-state index contributed by atoms with van der Waals surface area (Å²) in [7, 11) is 0. The lowest BCUT2D eigenvalue weighted by Crippen LogP contribution is -2.41. The lowest BCUT2D eigenvalue weighted by atomic mass is 10.6. The molecule has 0 aromatic heterocycles. The molecule has 0 rings (SSSR count). The van der Waals surface area contributed by atoms with E-state index in [1.54, 1.807) is 0 Å². The van der Waals surface area contributed by atoms with E-state index in [1.807, 2.05) is 0 Å². The Balaban J connectivity index is 3.74. The van der Waals surface area contributed by atoms with Crippen LogP contribution in [0.15, 0.2) is 0 Å². The highest BCUT2D eigenvalue weighted by Crippen LogP contribution is 2.13. The van der Waals surface area contributed by atoms with E-state index in [1.165, 1.54) is 4.94 Å². The Hall–Kier alpha value is -0.490. The first kappa shape index (κ1) is 8.51. The first-order valence-electron chi connectivity index (χ1n) is 1.71. The molecule has 1 amide bonds. The fourth-order valence-electron chi connectivity index (χ4n) is 0.114. The maximum absolute atomic E-state index is 11.1. The standard InChI is InChI=1S/C2H2ClF3N2O/c3-8-7-1(9)2(4,5)6/h8H,(H,7,9). The van der Waals surface area contributed by atoms with Gasteiger partial charge in [0.15, 0.2) is 0 Å². The third kappa shape index (κ3) is 3.15. The number of hydrogen-bond acceptors (Lipinski definition) is 2. The third-order valence-electron chi connectivity index (χ3n) is 0.418. The summed E-state index contributed by atoms with van der Waals surface area (Å²) in [4.78, 5) is 11.0. The Bertz CT molecular complexity index is 113. The minimum Gasteiger partial charge on any atom is -0.269 e. The average Bonchev–Trinajstić information content (AvgIpc) is 1.64. The van der Waals surface area contributed by atoms with E-state index in [9.17, 15) is 18.0 Å². The van der Waals surface area contributed by atoms with Crippen molar-refractivity contribution in [2.24, 2.45) is 0 Å². The van der Waals surface area contributed by atoms with Crippen LogP contribution in [-0.4, -0.2) is 12.1 Å². The molecule has 9 heavy (non-hydrogen) atoms. The van der Waals surface area contributed by atoms with Gasteiger partial charge < -0.3 is 0 Å². The number of carbonyl (C=O) groups is 1. The van der Waals surface area contributed by atoms with Gasteiger partial charge in [0.05, 0.1) is 0 Å². The number of halogens is 4. The van der Waals surface area contributed by atoms with Crippen LogP contribution in [0.1, 0.15) is 0 Å². The van der Waals surface area contributed by atoms with Crippen molar-refractivity contribution in [1.82, 2.24) is 10.4 Å². The molecule has 0 bridgehead atoms. The molecule has 0 aliphatic carbocycles. The summed E-state index contributed by atoms with van der Waals surface area (Å²) in [5.74, 6) is -2.13. The van der Waals surface area contributed by atoms with Crippen molar-refractivity contribution in [3.63, 3.8) is 0 Å². The largest absolute Gasteiger partial charge is 0.472 e. The topological polar surface area (TPSA) is 41.1 Å². The van der Waals surface area contributed by atoms with Crippen molar-refractivity contribution in [3.05, 3.63) is 0 Å². The molecule has 0 fully saturated rings. The van der Waals surface area contributed by atoms with E-state index in [4.69, 9.17) is 0 Å². The van der Waals surface area contributed by atoms with Crippen LogP contribution in [0, 0.1) is 0 Å². The molecule has 0 saturated heterocycles. The average molecular weight is 162 g/mol. The molecule has 2 N–H and O–H groups in total. The molecule has 0 heterocycles. The monoisotopic (exact) mass is 162 g/mol. The molecule has 54 valence electrons. The molecule has 0 unspecified atom stereocenters.